The second-order valence-corrected chi connectivity index (χ2v) is 6.89. The molecule has 9 heteroatoms. The molecule has 0 aliphatic carbocycles. The van der Waals surface area contributed by atoms with Crippen LogP contribution in [-0.4, -0.2) is 42.2 Å². The third kappa shape index (κ3) is 4.10. The third-order valence-electron chi connectivity index (χ3n) is 3.12. The van der Waals surface area contributed by atoms with Gasteiger partial charge in [0.05, 0.1) is 18.5 Å². The first kappa shape index (κ1) is 17.0. The van der Waals surface area contributed by atoms with Crippen molar-refractivity contribution in [3.8, 4) is 0 Å². The highest BCUT2D eigenvalue weighted by molar-refractivity contribution is 7.13. The normalized spacial score (nSPS) is 17.6. The van der Waals surface area contributed by atoms with Gasteiger partial charge < -0.3 is 9.74 Å². The monoisotopic (exact) mass is 337 g/mol. The van der Waals surface area contributed by atoms with Gasteiger partial charge in [-0.25, -0.2) is 9.78 Å². The van der Waals surface area contributed by atoms with Crippen molar-refractivity contribution in [1.82, 2.24) is 10.0 Å². The number of carbonyl (C=O) groups is 1. The highest BCUT2D eigenvalue weighted by Crippen LogP contribution is 2.33. The zero-order chi connectivity index (χ0) is 16.5. The average molecular weight is 337 g/mol. The summed E-state index contributed by atoms with van der Waals surface area (Å²) in [5.41, 5.74) is -1.46. The molecule has 1 aliphatic heterocycles. The van der Waals surface area contributed by atoms with E-state index in [9.17, 15) is 18.0 Å². The van der Waals surface area contributed by atoms with E-state index in [1.165, 1.54) is 0 Å². The minimum Gasteiger partial charge on any atom is -0.367 e. The summed E-state index contributed by atoms with van der Waals surface area (Å²) in [6.07, 6.45) is -4.42. The van der Waals surface area contributed by atoms with Crippen molar-refractivity contribution in [2.24, 2.45) is 5.41 Å². The van der Waals surface area contributed by atoms with Gasteiger partial charge in [0.15, 0.2) is 10.8 Å². The number of anilines is 1. The zero-order valence-electron chi connectivity index (χ0n) is 12.6. The van der Waals surface area contributed by atoms with Gasteiger partial charge >= 0.3 is 12.1 Å². The van der Waals surface area contributed by atoms with Crippen molar-refractivity contribution < 1.29 is 22.8 Å². The number of rotatable bonds is 2. The highest BCUT2D eigenvalue weighted by Gasteiger charge is 2.35. The average Bonchev–Trinajstić information content (AvgIpc) is 2.88. The first-order valence-electron chi connectivity index (χ1n) is 6.82. The Kier molecular flexibility index (Phi) is 4.67. The zero-order valence-corrected chi connectivity index (χ0v) is 13.4. The maximum Gasteiger partial charge on any atom is 0.434 e. The first-order chi connectivity index (χ1) is 10.1. The number of alkyl halides is 3. The van der Waals surface area contributed by atoms with Crippen LogP contribution in [-0.2, 0) is 15.8 Å². The topological polar surface area (TPSA) is 45.7 Å². The smallest absolute Gasteiger partial charge is 0.367 e. The Bertz CT molecular complexity index is 531. The van der Waals surface area contributed by atoms with Crippen LogP contribution in [0.1, 0.15) is 26.5 Å². The second kappa shape index (κ2) is 6.04. The highest BCUT2D eigenvalue weighted by atomic mass is 32.1. The van der Waals surface area contributed by atoms with E-state index >= 15 is 0 Å². The summed E-state index contributed by atoms with van der Waals surface area (Å²) in [7, 11) is 0. The summed E-state index contributed by atoms with van der Waals surface area (Å²) in [5.74, 6) is -0.324. The number of halogens is 3. The molecule has 0 saturated carbocycles. The third-order valence-corrected chi connectivity index (χ3v) is 4.02. The van der Waals surface area contributed by atoms with Gasteiger partial charge in [0, 0.05) is 18.5 Å². The minimum atomic E-state index is -4.42. The van der Waals surface area contributed by atoms with Gasteiger partial charge in [-0.3, -0.25) is 0 Å². The quantitative estimate of drug-likeness (QED) is 0.830. The largest absolute Gasteiger partial charge is 0.434 e. The van der Waals surface area contributed by atoms with Crippen LogP contribution in [0.2, 0.25) is 0 Å². The Morgan fingerprint density at radius 2 is 1.82 bits per heavy atom. The molecule has 2 rings (SSSR count). The molecule has 22 heavy (non-hydrogen) atoms. The lowest BCUT2D eigenvalue weighted by Crippen LogP contribution is -2.48. The SMILES string of the molecule is CC(C)(C)C(=O)ON1CCN(c2nc(C(F)(F)F)cs2)CC1. The molecule has 0 aromatic carbocycles. The molecule has 0 spiro atoms. The van der Waals surface area contributed by atoms with Crippen LogP contribution in [0.15, 0.2) is 5.38 Å². The van der Waals surface area contributed by atoms with Crippen LogP contribution in [0.25, 0.3) is 0 Å². The van der Waals surface area contributed by atoms with Crippen LogP contribution < -0.4 is 4.90 Å². The van der Waals surface area contributed by atoms with E-state index in [0.29, 0.717) is 31.3 Å². The fourth-order valence-electron chi connectivity index (χ4n) is 1.76. The summed E-state index contributed by atoms with van der Waals surface area (Å²) in [6, 6.07) is 0. The molecule has 5 nitrogen and oxygen atoms in total. The number of nitrogens with zero attached hydrogens (tertiary/aromatic N) is 3. The van der Waals surface area contributed by atoms with Crippen LogP contribution in [0, 0.1) is 5.41 Å². The molecule has 1 saturated heterocycles. The fraction of sp³-hybridized carbons (Fsp3) is 0.692. The fourth-order valence-corrected chi connectivity index (χ4v) is 2.65. The van der Waals surface area contributed by atoms with E-state index < -0.39 is 17.3 Å². The van der Waals surface area contributed by atoms with E-state index in [4.69, 9.17) is 4.84 Å². The molecule has 1 aromatic rings. The van der Waals surface area contributed by atoms with Crippen LogP contribution in [0.4, 0.5) is 18.3 Å². The molecule has 124 valence electrons. The van der Waals surface area contributed by atoms with Crippen molar-refractivity contribution in [3.05, 3.63) is 11.1 Å². The number of piperazine rings is 1. The predicted octanol–water partition coefficient (Wildman–Crippen LogP) is 2.79. The Morgan fingerprint density at radius 1 is 1.23 bits per heavy atom. The summed E-state index contributed by atoms with van der Waals surface area (Å²) >= 11 is 0.971. The standard InChI is InChI=1S/C13H18F3N3O2S/c1-12(2,3)10(20)21-19-6-4-18(5-7-19)11-17-9(8-22-11)13(14,15)16/h8H,4-7H2,1-3H3. The van der Waals surface area contributed by atoms with Crippen LogP contribution >= 0.6 is 11.3 Å². The van der Waals surface area contributed by atoms with Gasteiger partial charge in [0.2, 0.25) is 0 Å². The number of hydroxylamine groups is 2. The van der Waals surface area contributed by atoms with Gasteiger partial charge in [0.1, 0.15) is 0 Å². The first-order valence-corrected chi connectivity index (χ1v) is 7.70. The van der Waals surface area contributed by atoms with E-state index in [1.807, 2.05) is 0 Å². The minimum absolute atomic E-state index is 0.324. The molecule has 1 aromatic heterocycles. The van der Waals surface area contributed by atoms with Gasteiger partial charge in [-0.15, -0.1) is 16.4 Å². The van der Waals surface area contributed by atoms with Gasteiger partial charge in [-0.2, -0.15) is 13.2 Å². The molecule has 0 atom stereocenters. The summed E-state index contributed by atoms with van der Waals surface area (Å²) in [4.78, 5) is 22.4. The van der Waals surface area contributed by atoms with Crippen LogP contribution in [0.5, 0.6) is 0 Å². The maximum atomic E-state index is 12.5. The van der Waals surface area contributed by atoms with Crippen molar-refractivity contribution in [2.45, 2.75) is 26.9 Å². The predicted molar refractivity (Wildman–Crippen MR) is 76.4 cm³/mol. The number of hydrogen-bond acceptors (Lipinski definition) is 6. The van der Waals surface area contributed by atoms with Gasteiger partial charge in [-0.1, -0.05) is 0 Å². The molecule has 0 amide bonds. The lowest BCUT2D eigenvalue weighted by atomic mass is 9.98. The maximum absolute atomic E-state index is 12.5. The molecular formula is C13H18F3N3O2S. The van der Waals surface area contributed by atoms with Crippen molar-refractivity contribution in [3.63, 3.8) is 0 Å². The number of aromatic nitrogens is 1. The Morgan fingerprint density at radius 3 is 2.27 bits per heavy atom. The van der Waals surface area contributed by atoms with Crippen molar-refractivity contribution >= 4 is 22.4 Å². The van der Waals surface area contributed by atoms with E-state index in [1.54, 1.807) is 30.7 Å². The van der Waals surface area contributed by atoms with Gasteiger partial charge in [0.25, 0.3) is 0 Å². The molecule has 1 fully saturated rings. The Hall–Kier alpha value is -1.35. The van der Waals surface area contributed by atoms with Gasteiger partial charge in [-0.05, 0) is 20.8 Å². The molecule has 0 N–H and O–H groups in total. The van der Waals surface area contributed by atoms with E-state index in [0.717, 1.165) is 16.7 Å². The lowest BCUT2D eigenvalue weighted by molar-refractivity contribution is -0.201. The molecule has 2 heterocycles. The lowest BCUT2D eigenvalue weighted by Gasteiger charge is -2.34. The second-order valence-electron chi connectivity index (χ2n) is 6.06. The van der Waals surface area contributed by atoms with Crippen LogP contribution in [0.3, 0.4) is 0 Å². The molecular weight excluding hydrogens is 319 g/mol. The Balaban J connectivity index is 1.90. The Labute approximate surface area is 130 Å². The molecule has 0 radical (unpaired) electrons. The number of hydrogen-bond donors (Lipinski definition) is 0. The number of thiazole rings is 1. The van der Waals surface area contributed by atoms with E-state index in [2.05, 4.69) is 4.98 Å². The van der Waals surface area contributed by atoms with Crippen molar-refractivity contribution in [2.75, 3.05) is 31.1 Å². The van der Waals surface area contributed by atoms with Crippen molar-refractivity contribution in [1.29, 1.82) is 0 Å². The molecule has 0 bridgehead atoms. The summed E-state index contributed by atoms with van der Waals surface area (Å²) in [5, 5.41) is 2.90. The number of carbonyl (C=O) groups excluding carboxylic acids is 1. The van der Waals surface area contributed by atoms with E-state index in [-0.39, 0.29) is 5.97 Å². The summed E-state index contributed by atoms with van der Waals surface area (Å²) in [6.45, 7) is 7.08. The summed E-state index contributed by atoms with van der Waals surface area (Å²) < 4.78 is 37.6. The molecule has 0 unspecified atom stereocenters. The molecule has 1 aliphatic rings.